The summed E-state index contributed by atoms with van der Waals surface area (Å²) in [6, 6.07) is -0.447. The molecule has 7 nitrogen and oxygen atoms in total. The van der Waals surface area contributed by atoms with Crippen LogP contribution in [0, 0.1) is 0 Å². The summed E-state index contributed by atoms with van der Waals surface area (Å²) in [5, 5.41) is 9.04. The molecule has 1 saturated heterocycles. The van der Waals surface area contributed by atoms with Gasteiger partial charge in [0.05, 0.1) is 19.0 Å². The van der Waals surface area contributed by atoms with E-state index in [1.54, 1.807) is 19.3 Å². The van der Waals surface area contributed by atoms with Crippen molar-refractivity contribution in [1.82, 2.24) is 14.9 Å². The molecule has 1 aromatic rings. The second-order valence-electron chi connectivity index (χ2n) is 5.10. The summed E-state index contributed by atoms with van der Waals surface area (Å²) < 4.78 is 5.49. The van der Waals surface area contributed by atoms with Gasteiger partial charge in [-0.05, 0) is 13.3 Å². The van der Waals surface area contributed by atoms with E-state index in [2.05, 4.69) is 14.9 Å². The van der Waals surface area contributed by atoms with Gasteiger partial charge in [0.1, 0.15) is 6.04 Å². The lowest BCUT2D eigenvalue weighted by atomic mass is 10.2. The van der Waals surface area contributed by atoms with Gasteiger partial charge >= 0.3 is 5.97 Å². The Labute approximate surface area is 124 Å². The number of hydrogen-bond donors (Lipinski definition) is 1. The molecule has 1 atom stereocenters. The Morgan fingerprint density at radius 2 is 2.10 bits per heavy atom. The lowest BCUT2D eigenvalue weighted by molar-refractivity contribution is -0.142. The smallest absolute Gasteiger partial charge is 0.320 e. The number of carboxylic acid groups (broad SMARTS) is 1. The van der Waals surface area contributed by atoms with Crippen LogP contribution in [0.4, 0.5) is 5.82 Å². The van der Waals surface area contributed by atoms with Crippen LogP contribution >= 0.6 is 0 Å². The Hall–Kier alpha value is -1.89. The third kappa shape index (κ3) is 4.04. The number of ether oxygens (including phenoxy) is 1. The molecule has 1 aliphatic heterocycles. The average Bonchev–Trinajstić information content (AvgIpc) is 2.52. The van der Waals surface area contributed by atoms with Crippen molar-refractivity contribution >= 4 is 11.8 Å². The largest absolute Gasteiger partial charge is 0.480 e. The molecule has 2 rings (SSSR count). The highest BCUT2D eigenvalue weighted by molar-refractivity contribution is 5.72. The summed E-state index contributed by atoms with van der Waals surface area (Å²) in [5.41, 5.74) is 0. The first-order valence-electron chi connectivity index (χ1n) is 7.28. The Bertz CT molecular complexity index is 475. The number of carbonyl (C=O) groups is 1. The molecule has 0 radical (unpaired) electrons. The SMILES string of the molecule is CCCOc1cncc(N2CCN(C(C)C(=O)O)CC2)n1. The molecule has 0 spiro atoms. The fourth-order valence-corrected chi connectivity index (χ4v) is 2.26. The van der Waals surface area contributed by atoms with Crippen LogP contribution in [0.3, 0.4) is 0 Å². The van der Waals surface area contributed by atoms with E-state index in [9.17, 15) is 4.79 Å². The maximum atomic E-state index is 11.0. The molecular formula is C14H22N4O3. The normalized spacial score (nSPS) is 17.5. The number of nitrogens with zero attached hydrogens (tertiary/aromatic N) is 4. The van der Waals surface area contributed by atoms with E-state index in [4.69, 9.17) is 9.84 Å². The molecule has 1 fully saturated rings. The highest BCUT2D eigenvalue weighted by Crippen LogP contribution is 2.17. The minimum atomic E-state index is -0.779. The van der Waals surface area contributed by atoms with E-state index in [0.29, 0.717) is 25.6 Å². The number of anilines is 1. The maximum absolute atomic E-state index is 11.0. The quantitative estimate of drug-likeness (QED) is 0.833. The Balaban J connectivity index is 1.94. The fourth-order valence-electron chi connectivity index (χ4n) is 2.26. The van der Waals surface area contributed by atoms with Crippen molar-refractivity contribution in [2.45, 2.75) is 26.3 Å². The van der Waals surface area contributed by atoms with Crippen molar-refractivity contribution < 1.29 is 14.6 Å². The number of rotatable bonds is 6. The molecule has 1 aliphatic rings. The number of carboxylic acids is 1. The van der Waals surface area contributed by atoms with Crippen molar-refractivity contribution in [3.8, 4) is 5.88 Å². The van der Waals surface area contributed by atoms with Gasteiger partial charge < -0.3 is 14.7 Å². The third-order valence-electron chi connectivity index (χ3n) is 3.60. The van der Waals surface area contributed by atoms with Gasteiger partial charge in [0.15, 0.2) is 5.82 Å². The predicted molar refractivity (Wildman–Crippen MR) is 78.7 cm³/mol. The van der Waals surface area contributed by atoms with Gasteiger partial charge in [-0.2, -0.15) is 4.98 Å². The monoisotopic (exact) mass is 294 g/mol. The lowest BCUT2D eigenvalue weighted by Gasteiger charge is -2.37. The summed E-state index contributed by atoms with van der Waals surface area (Å²) in [5.74, 6) is 0.542. The molecule has 1 N–H and O–H groups in total. The zero-order chi connectivity index (χ0) is 15.2. The van der Waals surface area contributed by atoms with Crippen LogP contribution in [-0.2, 0) is 4.79 Å². The van der Waals surface area contributed by atoms with Gasteiger partial charge in [-0.1, -0.05) is 6.92 Å². The van der Waals surface area contributed by atoms with Crippen LogP contribution < -0.4 is 9.64 Å². The van der Waals surface area contributed by atoms with Crippen LogP contribution in [-0.4, -0.2) is 64.8 Å². The van der Waals surface area contributed by atoms with E-state index >= 15 is 0 Å². The summed E-state index contributed by atoms with van der Waals surface area (Å²) >= 11 is 0. The zero-order valence-electron chi connectivity index (χ0n) is 12.5. The maximum Gasteiger partial charge on any atom is 0.320 e. The second kappa shape index (κ2) is 7.21. The van der Waals surface area contributed by atoms with Crippen molar-refractivity contribution in [2.24, 2.45) is 0 Å². The first-order chi connectivity index (χ1) is 10.1. The van der Waals surface area contributed by atoms with E-state index in [1.807, 2.05) is 11.8 Å². The first-order valence-corrected chi connectivity index (χ1v) is 7.28. The molecule has 1 unspecified atom stereocenters. The first kappa shape index (κ1) is 15.5. The van der Waals surface area contributed by atoms with Gasteiger partial charge in [-0.3, -0.25) is 14.7 Å². The van der Waals surface area contributed by atoms with E-state index in [-0.39, 0.29) is 0 Å². The summed E-state index contributed by atoms with van der Waals surface area (Å²) in [4.78, 5) is 23.7. The van der Waals surface area contributed by atoms with Crippen LogP contribution in [0.1, 0.15) is 20.3 Å². The summed E-state index contributed by atoms with van der Waals surface area (Å²) in [6.45, 7) is 7.27. The molecule has 0 bridgehead atoms. The topological polar surface area (TPSA) is 78.8 Å². The van der Waals surface area contributed by atoms with Crippen LogP contribution in [0.15, 0.2) is 12.4 Å². The van der Waals surface area contributed by atoms with Crippen molar-refractivity contribution in [3.05, 3.63) is 12.4 Å². The van der Waals surface area contributed by atoms with E-state index < -0.39 is 12.0 Å². The summed E-state index contributed by atoms with van der Waals surface area (Å²) in [7, 11) is 0. The van der Waals surface area contributed by atoms with Crippen molar-refractivity contribution in [2.75, 3.05) is 37.7 Å². The second-order valence-corrected chi connectivity index (χ2v) is 5.10. The summed E-state index contributed by atoms with van der Waals surface area (Å²) in [6.07, 6.45) is 4.26. The molecule has 0 amide bonds. The van der Waals surface area contributed by atoms with Crippen molar-refractivity contribution in [1.29, 1.82) is 0 Å². The standard InChI is InChI=1S/C14H22N4O3/c1-3-8-21-13-10-15-9-12(16-13)18-6-4-17(5-7-18)11(2)14(19)20/h9-11H,3-8H2,1-2H3,(H,19,20). The molecule has 21 heavy (non-hydrogen) atoms. The highest BCUT2D eigenvalue weighted by atomic mass is 16.5. The number of aromatic nitrogens is 2. The molecular weight excluding hydrogens is 272 g/mol. The Morgan fingerprint density at radius 1 is 1.38 bits per heavy atom. The van der Waals surface area contributed by atoms with Crippen LogP contribution in [0.2, 0.25) is 0 Å². The molecule has 116 valence electrons. The molecule has 0 saturated carbocycles. The molecule has 0 aromatic carbocycles. The molecule has 2 heterocycles. The van der Waals surface area contributed by atoms with Crippen LogP contribution in [0.25, 0.3) is 0 Å². The minimum Gasteiger partial charge on any atom is -0.480 e. The predicted octanol–water partition coefficient (Wildman–Crippen LogP) is 0.860. The van der Waals surface area contributed by atoms with Crippen LogP contribution in [0.5, 0.6) is 5.88 Å². The number of hydrogen-bond acceptors (Lipinski definition) is 6. The third-order valence-corrected chi connectivity index (χ3v) is 3.60. The van der Waals surface area contributed by atoms with Gasteiger partial charge in [-0.25, -0.2) is 0 Å². The molecule has 0 aliphatic carbocycles. The lowest BCUT2D eigenvalue weighted by Crippen LogP contribution is -2.52. The van der Waals surface area contributed by atoms with Gasteiger partial charge in [0, 0.05) is 26.2 Å². The molecule has 1 aromatic heterocycles. The highest BCUT2D eigenvalue weighted by Gasteiger charge is 2.25. The van der Waals surface area contributed by atoms with Gasteiger partial charge in [0.25, 0.3) is 0 Å². The van der Waals surface area contributed by atoms with Crippen molar-refractivity contribution in [3.63, 3.8) is 0 Å². The number of aliphatic carboxylic acids is 1. The minimum absolute atomic E-state index is 0.447. The molecule has 7 heteroatoms. The van der Waals surface area contributed by atoms with Gasteiger partial charge in [0.2, 0.25) is 5.88 Å². The zero-order valence-corrected chi connectivity index (χ0v) is 12.5. The Morgan fingerprint density at radius 3 is 2.71 bits per heavy atom. The average molecular weight is 294 g/mol. The number of piperazine rings is 1. The fraction of sp³-hybridized carbons (Fsp3) is 0.643. The van der Waals surface area contributed by atoms with E-state index in [1.165, 1.54) is 0 Å². The van der Waals surface area contributed by atoms with Gasteiger partial charge in [-0.15, -0.1) is 0 Å². The Kier molecular flexibility index (Phi) is 5.32. The van der Waals surface area contributed by atoms with E-state index in [0.717, 1.165) is 25.3 Å².